The third kappa shape index (κ3) is 4.41. The van der Waals surface area contributed by atoms with Crippen LogP contribution in [-0.2, 0) is 11.3 Å². The summed E-state index contributed by atoms with van der Waals surface area (Å²) >= 11 is 0. The van der Waals surface area contributed by atoms with E-state index < -0.39 is 0 Å². The lowest BCUT2D eigenvalue weighted by atomic mass is 10.1. The van der Waals surface area contributed by atoms with Crippen LogP contribution in [0.15, 0.2) is 18.2 Å². The van der Waals surface area contributed by atoms with Gasteiger partial charge in [0.1, 0.15) is 0 Å². The van der Waals surface area contributed by atoms with E-state index >= 15 is 0 Å². The molecule has 1 fully saturated rings. The van der Waals surface area contributed by atoms with Crippen LogP contribution in [0.4, 0.5) is 11.4 Å². The van der Waals surface area contributed by atoms with Crippen molar-refractivity contribution in [2.24, 2.45) is 0 Å². The number of nitrogens with zero attached hydrogens (tertiary/aromatic N) is 2. The zero-order chi connectivity index (χ0) is 15.2. The molecule has 1 aliphatic heterocycles. The minimum absolute atomic E-state index is 0.131. The molecule has 1 N–H and O–H groups in total. The molecule has 1 saturated heterocycles. The smallest absolute Gasteiger partial charge is 0.269 e. The molecule has 6 nitrogen and oxygen atoms in total. The number of likely N-dealkylation sites (N-methyl/N-ethyl adjacent to an activating group) is 1. The van der Waals surface area contributed by atoms with Crippen LogP contribution < -0.4 is 5.32 Å². The van der Waals surface area contributed by atoms with Crippen molar-refractivity contribution in [3.63, 3.8) is 0 Å². The number of anilines is 1. The van der Waals surface area contributed by atoms with E-state index in [1.807, 2.05) is 14.1 Å². The quantitative estimate of drug-likeness (QED) is 0.645. The molecule has 21 heavy (non-hydrogen) atoms. The molecule has 0 saturated carbocycles. The zero-order valence-electron chi connectivity index (χ0n) is 12.7. The van der Waals surface area contributed by atoms with Crippen molar-refractivity contribution in [2.45, 2.75) is 31.9 Å². The molecule has 1 aliphatic rings. The molecule has 0 aromatic heterocycles. The van der Waals surface area contributed by atoms with Crippen LogP contribution in [0.2, 0.25) is 0 Å². The molecule has 1 aromatic carbocycles. The molecule has 0 bridgehead atoms. The third-order valence-corrected chi connectivity index (χ3v) is 3.80. The summed E-state index contributed by atoms with van der Waals surface area (Å²) in [6.07, 6.45) is 3.74. The van der Waals surface area contributed by atoms with Crippen molar-refractivity contribution >= 4 is 11.4 Å². The van der Waals surface area contributed by atoms with Crippen molar-refractivity contribution in [3.8, 4) is 0 Å². The predicted molar refractivity (Wildman–Crippen MR) is 82.6 cm³/mol. The van der Waals surface area contributed by atoms with Gasteiger partial charge in [-0.1, -0.05) is 0 Å². The van der Waals surface area contributed by atoms with E-state index in [0.29, 0.717) is 6.54 Å². The second kappa shape index (κ2) is 7.38. The Kier molecular flexibility index (Phi) is 5.52. The summed E-state index contributed by atoms with van der Waals surface area (Å²) in [5.74, 6) is 0. The lowest BCUT2D eigenvalue weighted by Gasteiger charge is -2.27. The zero-order valence-corrected chi connectivity index (χ0v) is 12.7. The fraction of sp³-hybridized carbons (Fsp3) is 0.600. The van der Waals surface area contributed by atoms with Gasteiger partial charge in [-0.15, -0.1) is 0 Å². The second-order valence-electron chi connectivity index (χ2n) is 5.53. The van der Waals surface area contributed by atoms with Crippen molar-refractivity contribution < 1.29 is 9.66 Å². The Labute approximate surface area is 125 Å². The molecule has 2 rings (SSSR count). The van der Waals surface area contributed by atoms with Crippen LogP contribution in [-0.4, -0.2) is 43.2 Å². The van der Waals surface area contributed by atoms with E-state index in [4.69, 9.17) is 4.74 Å². The molecule has 116 valence electrons. The number of nitrogens with one attached hydrogen (secondary N) is 1. The van der Waals surface area contributed by atoms with Gasteiger partial charge in [0.05, 0.1) is 11.0 Å². The molecule has 1 atom stereocenters. The summed E-state index contributed by atoms with van der Waals surface area (Å²) in [5.41, 5.74) is 1.99. The van der Waals surface area contributed by atoms with Crippen molar-refractivity contribution in [3.05, 3.63) is 33.9 Å². The number of benzene rings is 1. The number of hydrogen-bond donors (Lipinski definition) is 1. The number of nitro benzene ring substituents is 1. The van der Waals surface area contributed by atoms with E-state index in [1.165, 1.54) is 12.5 Å². The van der Waals surface area contributed by atoms with Crippen LogP contribution in [0.5, 0.6) is 0 Å². The Morgan fingerprint density at radius 3 is 2.90 bits per heavy atom. The average Bonchev–Trinajstić information content (AvgIpc) is 2.48. The predicted octanol–water partition coefficient (Wildman–Crippen LogP) is 2.64. The average molecular weight is 293 g/mol. The van der Waals surface area contributed by atoms with Crippen LogP contribution in [0.3, 0.4) is 0 Å². The van der Waals surface area contributed by atoms with E-state index in [9.17, 15) is 10.1 Å². The molecule has 0 aliphatic carbocycles. The number of nitro groups is 1. The molecule has 6 heteroatoms. The van der Waals surface area contributed by atoms with Gasteiger partial charge < -0.3 is 10.1 Å². The lowest BCUT2D eigenvalue weighted by Crippen LogP contribution is -2.33. The number of ether oxygens (including phenoxy) is 1. The van der Waals surface area contributed by atoms with E-state index in [2.05, 4.69) is 10.2 Å². The van der Waals surface area contributed by atoms with Crippen LogP contribution in [0.1, 0.15) is 24.8 Å². The Morgan fingerprint density at radius 2 is 2.29 bits per heavy atom. The van der Waals surface area contributed by atoms with Gasteiger partial charge in [-0.3, -0.25) is 15.0 Å². The van der Waals surface area contributed by atoms with E-state index in [-0.39, 0.29) is 16.7 Å². The highest BCUT2D eigenvalue weighted by molar-refractivity contribution is 5.55. The Morgan fingerprint density at radius 1 is 1.48 bits per heavy atom. The number of non-ortho nitro benzene ring substituents is 1. The third-order valence-electron chi connectivity index (χ3n) is 3.80. The SMILES string of the molecule is CNc1ccc([N+](=O)[O-])cc1CN(C)CC1CCCCO1. The lowest BCUT2D eigenvalue weighted by molar-refractivity contribution is -0.384. The molecule has 1 unspecified atom stereocenters. The fourth-order valence-corrected chi connectivity index (χ4v) is 2.72. The highest BCUT2D eigenvalue weighted by atomic mass is 16.6. The highest BCUT2D eigenvalue weighted by Crippen LogP contribution is 2.23. The van der Waals surface area contributed by atoms with Gasteiger partial charge in [-0.05, 0) is 37.9 Å². The topological polar surface area (TPSA) is 67.6 Å². The Hall–Kier alpha value is -1.66. The second-order valence-corrected chi connectivity index (χ2v) is 5.53. The van der Waals surface area contributed by atoms with Gasteiger partial charge in [0.2, 0.25) is 0 Å². The van der Waals surface area contributed by atoms with Gasteiger partial charge in [0, 0.05) is 44.6 Å². The normalized spacial score (nSPS) is 18.7. The highest BCUT2D eigenvalue weighted by Gasteiger charge is 2.17. The molecule has 0 spiro atoms. The maximum absolute atomic E-state index is 10.9. The summed E-state index contributed by atoms with van der Waals surface area (Å²) in [7, 11) is 3.85. The van der Waals surface area contributed by atoms with Gasteiger partial charge in [0.25, 0.3) is 5.69 Å². The largest absolute Gasteiger partial charge is 0.388 e. The summed E-state index contributed by atoms with van der Waals surface area (Å²) < 4.78 is 5.74. The Balaban J connectivity index is 2.02. The first kappa shape index (κ1) is 15.7. The maximum Gasteiger partial charge on any atom is 0.269 e. The van der Waals surface area contributed by atoms with Gasteiger partial charge in [-0.25, -0.2) is 0 Å². The van der Waals surface area contributed by atoms with Gasteiger partial charge >= 0.3 is 0 Å². The summed E-state index contributed by atoms with van der Waals surface area (Å²) in [5, 5.41) is 14.0. The first-order valence-corrected chi connectivity index (χ1v) is 7.35. The first-order valence-electron chi connectivity index (χ1n) is 7.35. The molecular formula is C15H23N3O3. The minimum Gasteiger partial charge on any atom is -0.388 e. The minimum atomic E-state index is -0.354. The molecular weight excluding hydrogens is 270 g/mol. The summed E-state index contributed by atoms with van der Waals surface area (Å²) in [4.78, 5) is 12.7. The molecule has 1 heterocycles. The van der Waals surface area contributed by atoms with Gasteiger partial charge in [0.15, 0.2) is 0 Å². The Bertz CT molecular complexity index is 487. The molecule has 0 radical (unpaired) electrons. The van der Waals surface area contributed by atoms with Crippen LogP contribution in [0.25, 0.3) is 0 Å². The summed E-state index contributed by atoms with van der Waals surface area (Å²) in [6.45, 7) is 2.36. The molecule has 1 aromatic rings. The summed E-state index contributed by atoms with van der Waals surface area (Å²) in [6, 6.07) is 4.93. The monoisotopic (exact) mass is 293 g/mol. The van der Waals surface area contributed by atoms with E-state index in [0.717, 1.165) is 37.2 Å². The van der Waals surface area contributed by atoms with Crippen LogP contribution in [0, 0.1) is 10.1 Å². The number of rotatable bonds is 6. The number of hydrogen-bond acceptors (Lipinski definition) is 5. The van der Waals surface area contributed by atoms with Crippen molar-refractivity contribution in [2.75, 3.05) is 32.6 Å². The maximum atomic E-state index is 10.9. The standard InChI is InChI=1S/C15H23N3O3/c1-16-15-7-6-13(18(19)20)9-12(15)10-17(2)11-14-5-3-4-8-21-14/h6-7,9,14,16H,3-5,8,10-11H2,1-2H3. The van der Waals surface area contributed by atoms with Crippen molar-refractivity contribution in [1.82, 2.24) is 4.90 Å². The van der Waals surface area contributed by atoms with Gasteiger partial charge in [-0.2, -0.15) is 0 Å². The fourth-order valence-electron chi connectivity index (χ4n) is 2.72. The van der Waals surface area contributed by atoms with E-state index in [1.54, 1.807) is 12.1 Å². The van der Waals surface area contributed by atoms with Crippen molar-refractivity contribution in [1.29, 1.82) is 0 Å². The first-order chi connectivity index (χ1) is 10.1. The molecule has 0 amide bonds. The van der Waals surface area contributed by atoms with Crippen LogP contribution >= 0.6 is 0 Å².